The van der Waals surface area contributed by atoms with Crippen LogP contribution in [0.5, 0.6) is 0 Å². The molecule has 1 aromatic carbocycles. The van der Waals surface area contributed by atoms with Crippen molar-refractivity contribution in [3.8, 4) is 0 Å². The molecule has 1 amide bonds. The molecule has 3 N–H and O–H groups in total. The van der Waals surface area contributed by atoms with Gasteiger partial charge in [-0.05, 0) is 31.2 Å². The van der Waals surface area contributed by atoms with Gasteiger partial charge < -0.3 is 20.6 Å². The molecule has 2 aliphatic rings. The van der Waals surface area contributed by atoms with Gasteiger partial charge in [-0.25, -0.2) is 4.98 Å². The lowest BCUT2D eigenvalue weighted by molar-refractivity contribution is -0.0757. The maximum Gasteiger partial charge on any atom is 0.250 e. The number of nitrogens with zero attached hydrogens (tertiary/aromatic N) is 4. The van der Waals surface area contributed by atoms with Gasteiger partial charge in [0.15, 0.2) is 0 Å². The Labute approximate surface area is 171 Å². The van der Waals surface area contributed by atoms with E-state index >= 15 is 0 Å². The molecule has 0 spiro atoms. The molecule has 2 atom stereocenters. The summed E-state index contributed by atoms with van der Waals surface area (Å²) in [5.74, 6) is 0.334. The SMILES string of the molecule is CN1CCN([C@@H]2CN(c3ccc(C(N)=O)cn3)CC[C@]2(O)c2ccccc2)CC1. The lowest BCUT2D eigenvalue weighted by Gasteiger charge is -2.51. The average molecular weight is 396 g/mol. The van der Waals surface area contributed by atoms with Gasteiger partial charge in [0.1, 0.15) is 11.4 Å². The monoisotopic (exact) mass is 395 g/mol. The van der Waals surface area contributed by atoms with E-state index in [0.717, 1.165) is 37.6 Å². The Balaban J connectivity index is 1.61. The van der Waals surface area contributed by atoms with Crippen LogP contribution >= 0.6 is 0 Å². The zero-order valence-electron chi connectivity index (χ0n) is 16.9. The molecule has 0 radical (unpaired) electrons. The Hall–Kier alpha value is -2.48. The van der Waals surface area contributed by atoms with Gasteiger partial charge in [-0.3, -0.25) is 9.69 Å². The van der Waals surface area contributed by atoms with E-state index in [1.54, 1.807) is 6.07 Å². The van der Waals surface area contributed by atoms with Crippen molar-refractivity contribution < 1.29 is 9.90 Å². The molecule has 7 heteroatoms. The van der Waals surface area contributed by atoms with E-state index < -0.39 is 11.5 Å². The fraction of sp³-hybridized carbons (Fsp3) is 0.455. The molecule has 0 saturated carbocycles. The van der Waals surface area contributed by atoms with Crippen LogP contribution in [0.2, 0.25) is 0 Å². The van der Waals surface area contributed by atoms with Crippen molar-refractivity contribution in [2.75, 3.05) is 51.2 Å². The standard InChI is InChI=1S/C22H29N5O2/c1-25-11-13-26(14-12-25)19-16-27(20-8-7-17(15-24-20)21(23)28)10-9-22(19,29)18-5-3-2-4-6-18/h2-8,15,19,29H,9-14,16H2,1H3,(H2,23,28)/t19-,22+/m1/s1. The van der Waals surface area contributed by atoms with Crippen molar-refractivity contribution in [1.29, 1.82) is 0 Å². The van der Waals surface area contributed by atoms with E-state index in [1.165, 1.54) is 6.20 Å². The van der Waals surface area contributed by atoms with Gasteiger partial charge >= 0.3 is 0 Å². The summed E-state index contributed by atoms with van der Waals surface area (Å²) >= 11 is 0. The largest absolute Gasteiger partial charge is 0.383 e. The number of piperidine rings is 1. The van der Waals surface area contributed by atoms with E-state index in [1.807, 2.05) is 36.4 Å². The number of primary amides is 1. The number of aliphatic hydroxyl groups is 1. The molecule has 2 fully saturated rings. The second-order valence-corrected chi connectivity index (χ2v) is 8.11. The second kappa shape index (κ2) is 8.10. The third-order valence-electron chi connectivity index (χ3n) is 6.32. The van der Waals surface area contributed by atoms with E-state index in [4.69, 9.17) is 5.73 Å². The number of piperazine rings is 1. The number of hydrogen-bond donors (Lipinski definition) is 2. The third kappa shape index (κ3) is 3.99. The highest BCUT2D eigenvalue weighted by atomic mass is 16.3. The van der Waals surface area contributed by atoms with Crippen LogP contribution in [-0.4, -0.2) is 78.2 Å². The quantitative estimate of drug-likeness (QED) is 0.800. The van der Waals surface area contributed by atoms with Crippen molar-refractivity contribution in [1.82, 2.24) is 14.8 Å². The summed E-state index contributed by atoms with van der Waals surface area (Å²) in [6.07, 6.45) is 2.15. The normalized spacial score (nSPS) is 26.4. The first kappa shape index (κ1) is 19.8. The summed E-state index contributed by atoms with van der Waals surface area (Å²) in [6.45, 7) is 5.22. The number of hydrogen-bond acceptors (Lipinski definition) is 6. The van der Waals surface area contributed by atoms with Crippen LogP contribution in [0.1, 0.15) is 22.3 Å². The van der Waals surface area contributed by atoms with E-state index in [0.29, 0.717) is 25.1 Å². The number of anilines is 1. The van der Waals surface area contributed by atoms with Gasteiger partial charge in [0, 0.05) is 45.5 Å². The molecule has 0 unspecified atom stereocenters. The number of pyridine rings is 1. The van der Waals surface area contributed by atoms with Gasteiger partial charge in [0.2, 0.25) is 5.91 Å². The van der Waals surface area contributed by atoms with Crippen LogP contribution < -0.4 is 10.6 Å². The molecule has 29 heavy (non-hydrogen) atoms. The molecule has 3 heterocycles. The highest BCUT2D eigenvalue weighted by Crippen LogP contribution is 2.37. The van der Waals surface area contributed by atoms with Crippen molar-refractivity contribution in [2.24, 2.45) is 5.73 Å². The van der Waals surface area contributed by atoms with Crippen molar-refractivity contribution >= 4 is 11.7 Å². The minimum Gasteiger partial charge on any atom is -0.383 e. The van der Waals surface area contributed by atoms with Crippen LogP contribution in [0.3, 0.4) is 0 Å². The average Bonchev–Trinajstić information content (AvgIpc) is 2.75. The lowest BCUT2D eigenvalue weighted by atomic mass is 9.79. The van der Waals surface area contributed by atoms with Gasteiger partial charge in [-0.1, -0.05) is 30.3 Å². The van der Waals surface area contributed by atoms with Gasteiger partial charge in [0.05, 0.1) is 11.6 Å². The second-order valence-electron chi connectivity index (χ2n) is 8.11. The predicted octanol–water partition coefficient (Wildman–Crippen LogP) is 0.894. The number of benzene rings is 1. The van der Waals surface area contributed by atoms with Crippen LogP contribution in [-0.2, 0) is 5.60 Å². The number of likely N-dealkylation sites (N-methyl/N-ethyl adjacent to an activating group) is 1. The highest BCUT2D eigenvalue weighted by molar-refractivity contribution is 5.92. The smallest absolute Gasteiger partial charge is 0.250 e. The number of carbonyl (C=O) groups excluding carboxylic acids is 1. The Morgan fingerprint density at radius 2 is 1.83 bits per heavy atom. The molecule has 7 nitrogen and oxygen atoms in total. The first-order valence-electron chi connectivity index (χ1n) is 10.2. The maximum atomic E-state index is 11.8. The zero-order chi connectivity index (χ0) is 20.4. The van der Waals surface area contributed by atoms with Crippen molar-refractivity contribution in [2.45, 2.75) is 18.1 Å². The zero-order valence-corrected chi connectivity index (χ0v) is 16.9. The van der Waals surface area contributed by atoms with E-state index in [-0.39, 0.29) is 6.04 Å². The fourth-order valence-corrected chi connectivity index (χ4v) is 4.46. The lowest BCUT2D eigenvalue weighted by Crippen LogP contribution is -2.64. The molecule has 1 aromatic heterocycles. The Morgan fingerprint density at radius 3 is 2.45 bits per heavy atom. The van der Waals surface area contributed by atoms with E-state index in [2.05, 4.69) is 26.7 Å². The number of amides is 1. The van der Waals surface area contributed by atoms with Crippen LogP contribution in [0, 0.1) is 0 Å². The van der Waals surface area contributed by atoms with Crippen LogP contribution in [0.4, 0.5) is 5.82 Å². The predicted molar refractivity (Wildman–Crippen MR) is 113 cm³/mol. The number of nitrogens with two attached hydrogens (primary N) is 1. The summed E-state index contributed by atoms with van der Waals surface area (Å²) in [5.41, 5.74) is 5.81. The first-order chi connectivity index (χ1) is 14.0. The Kier molecular flexibility index (Phi) is 5.54. The molecule has 0 aliphatic carbocycles. The first-order valence-corrected chi connectivity index (χ1v) is 10.2. The molecule has 2 aromatic rings. The highest BCUT2D eigenvalue weighted by Gasteiger charge is 2.46. The molecular formula is C22H29N5O2. The summed E-state index contributed by atoms with van der Waals surface area (Å²) < 4.78 is 0. The molecule has 0 bridgehead atoms. The Morgan fingerprint density at radius 1 is 1.10 bits per heavy atom. The summed E-state index contributed by atoms with van der Waals surface area (Å²) in [7, 11) is 2.14. The molecule has 4 rings (SSSR count). The Bertz CT molecular complexity index is 836. The fourth-order valence-electron chi connectivity index (χ4n) is 4.46. The van der Waals surface area contributed by atoms with Crippen LogP contribution in [0.15, 0.2) is 48.7 Å². The summed E-state index contributed by atoms with van der Waals surface area (Å²) in [4.78, 5) is 22.7. The van der Waals surface area contributed by atoms with Gasteiger partial charge in [0.25, 0.3) is 0 Å². The molecular weight excluding hydrogens is 366 g/mol. The number of aromatic nitrogens is 1. The minimum absolute atomic E-state index is 0.0371. The van der Waals surface area contributed by atoms with E-state index in [9.17, 15) is 9.90 Å². The summed E-state index contributed by atoms with van der Waals surface area (Å²) in [6, 6.07) is 13.5. The summed E-state index contributed by atoms with van der Waals surface area (Å²) in [5, 5.41) is 11.8. The number of rotatable bonds is 4. The topological polar surface area (TPSA) is 85.9 Å². The van der Waals surface area contributed by atoms with Gasteiger partial charge in [-0.15, -0.1) is 0 Å². The van der Waals surface area contributed by atoms with Gasteiger partial charge in [-0.2, -0.15) is 0 Å². The third-order valence-corrected chi connectivity index (χ3v) is 6.32. The van der Waals surface area contributed by atoms with Crippen molar-refractivity contribution in [3.05, 3.63) is 59.8 Å². The van der Waals surface area contributed by atoms with Crippen molar-refractivity contribution in [3.63, 3.8) is 0 Å². The minimum atomic E-state index is -0.902. The van der Waals surface area contributed by atoms with Crippen LogP contribution in [0.25, 0.3) is 0 Å². The maximum absolute atomic E-state index is 11.8. The molecule has 2 saturated heterocycles. The molecule has 2 aliphatic heterocycles. The number of carbonyl (C=O) groups is 1. The molecule has 154 valence electrons.